The fourth-order valence-electron chi connectivity index (χ4n) is 2.51. The Balaban J connectivity index is 2.04. The Hall–Kier alpha value is -0.550. The fraction of sp³-hybridized carbons (Fsp3) is 0.846. The zero-order valence-corrected chi connectivity index (χ0v) is 12.1. The third kappa shape index (κ3) is 3.48. The van der Waals surface area contributed by atoms with Crippen molar-refractivity contribution in [1.29, 1.82) is 0 Å². The van der Waals surface area contributed by atoms with Gasteiger partial charge in [-0.05, 0) is 19.3 Å². The second kappa shape index (κ2) is 7.14. The summed E-state index contributed by atoms with van der Waals surface area (Å²) in [6.45, 7) is 3.65. The number of aromatic nitrogens is 3. The predicted octanol–water partition coefficient (Wildman–Crippen LogP) is 2.96. The van der Waals surface area contributed by atoms with Crippen molar-refractivity contribution in [3.8, 4) is 0 Å². The smallest absolute Gasteiger partial charge is 0.191 e. The molecule has 102 valence electrons. The number of nitrogens with two attached hydrogens (primary N) is 1. The quantitative estimate of drug-likeness (QED) is 0.834. The van der Waals surface area contributed by atoms with Crippen LogP contribution in [0.5, 0.6) is 0 Å². The van der Waals surface area contributed by atoms with E-state index in [0.29, 0.717) is 6.54 Å². The lowest BCUT2D eigenvalue weighted by molar-refractivity contribution is 0.589. The minimum atomic E-state index is 0.484. The Labute approximate surface area is 114 Å². The molecule has 0 amide bonds. The molecule has 0 aliphatic heterocycles. The van der Waals surface area contributed by atoms with E-state index in [1.807, 2.05) is 11.8 Å². The summed E-state index contributed by atoms with van der Waals surface area (Å²) in [5.41, 5.74) is 5.72. The monoisotopic (exact) mass is 268 g/mol. The Morgan fingerprint density at radius 1 is 1.22 bits per heavy atom. The summed E-state index contributed by atoms with van der Waals surface area (Å²) in [6, 6.07) is 0. The Bertz CT molecular complexity index is 356. The molecule has 0 radical (unpaired) electrons. The van der Waals surface area contributed by atoms with Crippen molar-refractivity contribution in [2.75, 3.05) is 0 Å². The van der Waals surface area contributed by atoms with E-state index in [-0.39, 0.29) is 0 Å². The van der Waals surface area contributed by atoms with Crippen molar-refractivity contribution >= 4 is 11.8 Å². The van der Waals surface area contributed by atoms with E-state index in [9.17, 15) is 0 Å². The molecule has 18 heavy (non-hydrogen) atoms. The summed E-state index contributed by atoms with van der Waals surface area (Å²) >= 11 is 1.91. The highest BCUT2D eigenvalue weighted by molar-refractivity contribution is 7.99. The molecular weight excluding hydrogens is 244 g/mol. The summed E-state index contributed by atoms with van der Waals surface area (Å²) in [4.78, 5) is 0. The molecule has 5 heteroatoms. The zero-order valence-electron chi connectivity index (χ0n) is 11.3. The van der Waals surface area contributed by atoms with Gasteiger partial charge in [0, 0.05) is 11.8 Å². The molecule has 0 aromatic carbocycles. The number of hydrogen-bond donors (Lipinski definition) is 1. The second-order valence-electron chi connectivity index (χ2n) is 4.99. The molecule has 0 bridgehead atoms. The molecule has 2 N–H and O–H groups in total. The van der Waals surface area contributed by atoms with Gasteiger partial charge >= 0.3 is 0 Å². The topological polar surface area (TPSA) is 56.7 Å². The van der Waals surface area contributed by atoms with E-state index in [1.165, 1.54) is 38.5 Å². The first kappa shape index (κ1) is 13.9. The first-order chi connectivity index (χ1) is 8.85. The molecule has 4 nitrogen and oxygen atoms in total. The van der Waals surface area contributed by atoms with Gasteiger partial charge in [0.2, 0.25) is 0 Å². The number of thioether (sulfide) groups is 1. The Kier molecular flexibility index (Phi) is 5.50. The van der Waals surface area contributed by atoms with Gasteiger partial charge in [0.1, 0.15) is 5.82 Å². The van der Waals surface area contributed by atoms with E-state index in [0.717, 1.165) is 29.2 Å². The molecule has 2 rings (SSSR count). The molecule has 1 fully saturated rings. The summed E-state index contributed by atoms with van der Waals surface area (Å²) in [7, 11) is 0. The van der Waals surface area contributed by atoms with Crippen molar-refractivity contribution in [2.24, 2.45) is 5.73 Å². The van der Waals surface area contributed by atoms with E-state index in [1.54, 1.807) is 0 Å². The summed E-state index contributed by atoms with van der Waals surface area (Å²) in [5.74, 6) is 0.924. The van der Waals surface area contributed by atoms with Crippen LogP contribution in [0, 0.1) is 0 Å². The van der Waals surface area contributed by atoms with Gasteiger partial charge in [0.25, 0.3) is 0 Å². The van der Waals surface area contributed by atoms with Crippen LogP contribution < -0.4 is 5.73 Å². The Morgan fingerprint density at radius 2 is 1.94 bits per heavy atom. The van der Waals surface area contributed by atoms with Crippen molar-refractivity contribution in [3.63, 3.8) is 0 Å². The first-order valence-electron chi connectivity index (χ1n) is 7.14. The highest BCUT2D eigenvalue weighted by Gasteiger charge is 2.18. The molecule has 1 aromatic rings. The fourth-order valence-corrected chi connectivity index (χ4v) is 3.79. The summed E-state index contributed by atoms with van der Waals surface area (Å²) in [6.07, 6.45) is 9.26. The van der Waals surface area contributed by atoms with Crippen LogP contribution >= 0.6 is 11.8 Å². The second-order valence-corrected chi connectivity index (χ2v) is 6.25. The molecular formula is C13H24N4S. The van der Waals surface area contributed by atoms with Crippen molar-refractivity contribution in [1.82, 2.24) is 14.8 Å². The maximum absolute atomic E-state index is 5.72. The number of rotatable bonds is 5. The van der Waals surface area contributed by atoms with Gasteiger partial charge < -0.3 is 10.3 Å². The van der Waals surface area contributed by atoms with Crippen LogP contribution in [0.1, 0.15) is 57.7 Å². The van der Waals surface area contributed by atoms with Gasteiger partial charge in [0.15, 0.2) is 5.16 Å². The molecule has 0 unspecified atom stereocenters. The number of nitrogens with zero attached hydrogens (tertiary/aromatic N) is 3. The number of hydrogen-bond acceptors (Lipinski definition) is 4. The van der Waals surface area contributed by atoms with Gasteiger partial charge in [-0.2, -0.15) is 0 Å². The van der Waals surface area contributed by atoms with Crippen molar-refractivity contribution in [2.45, 2.75) is 75.4 Å². The van der Waals surface area contributed by atoms with Crippen LogP contribution in [-0.2, 0) is 13.1 Å². The maximum atomic E-state index is 5.72. The lowest BCUT2D eigenvalue weighted by Crippen LogP contribution is -2.10. The SMILES string of the molecule is CCCn1c(CN)nnc1SC1CCCCCC1. The first-order valence-corrected chi connectivity index (χ1v) is 8.02. The highest BCUT2D eigenvalue weighted by atomic mass is 32.2. The van der Waals surface area contributed by atoms with Gasteiger partial charge in [-0.25, -0.2) is 0 Å². The van der Waals surface area contributed by atoms with E-state index >= 15 is 0 Å². The van der Waals surface area contributed by atoms with Crippen LogP contribution in [-0.4, -0.2) is 20.0 Å². The lowest BCUT2D eigenvalue weighted by atomic mass is 10.2. The van der Waals surface area contributed by atoms with Crippen LogP contribution in [0.2, 0.25) is 0 Å². The molecule has 0 saturated heterocycles. The zero-order chi connectivity index (χ0) is 12.8. The lowest BCUT2D eigenvalue weighted by Gasteiger charge is -2.14. The largest absolute Gasteiger partial charge is 0.324 e. The Morgan fingerprint density at radius 3 is 2.56 bits per heavy atom. The van der Waals surface area contributed by atoms with Crippen LogP contribution in [0.15, 0.2) is 5.16 Å². The van der Waals surface area contributed by atoms with Crippen LogP contribution in [0.4, 0.5) is 0 Å². The van der Waals surface area contributed by atoms with E-state index < -0.39 is 0 Å². The molecule has 0 spiro atoms. The molecule has 1 aliphatic rings. The molecule has 1 saturated carbocycles. The average Bonchev–Trinajstić information content (AvgIpc) is 2.60. The van der Waals surface area contributed by atoms with Gasteiger partial charge in [-0.15, -0.1) is 10.2 Å². The summed E-state index contributed by atoms with van der Waals surface area (Å²) < 4.78 is 2.20. The highest BCUT2D eigenvalue weighted by Crippen LogP contribution is 2.32. The maximum Gasteiger partial charge on any atom is 0.191 e. The van der Waals surface area contributed by atoms with E-state index in [2.05, 4.69) is 21.7 Å². The van der Waals surface area contributed by atoms with Gasteiger partial charge in [-0.3, -0.25) is 0 Å². The van der Waals surface area contributed by atoms with Crippen molar-refractivity contribution < 1.29 is 0 Å². The molecule has 1 aromatic heterocycles. The normalized spacial score (nSPS) is 17.9. The van der Waals surface area contributed by atoms with Crippen LogP contribution in [0.25, 0.3) is 0 Å². The third-order valence-electron chi connectivity index (χ3n) is 3.50. The minimum Gasteiger partial charge on any atom is -0.324 e. The van der Waals surface area contributed by atoms with Crippen molar-refractivity contribution in [3.05, 3.63) is 5.82 Å². The summed E-state index contributed by atoms with van der Waals surface area (Å²) in [5, 5.41) is 10.3. The van der Waals surface area contributed by atoms with Gasteiger partial charge in [0.05, 0.1) is 6.54 Å². The van der Waals surface area contributed by atoms with E-state index in [4.69, 9.17) is 5.73 Å². The third-order valence-corrected chi connectivity index (χ3v) is 4.82. The van der Waals surface area contributed by atoms with Crippen LogP contribution in [0.3, 0.4) is 0 Å². The van der Waals surface area contributed by atoms with Gasteiger partial charge in [-0.1, -0.05) is 44.4 Å². The molecule has 0 atom stereocenters. The average molecular weight is 268 g/mol. The minimum absolute atomic E-state index is 0.484. The molecule has 1 heterocycles. The standard InChI is InChI=1S/C13H24N4S/c1-2-9-17-12(10-14)15-16-13(17)18-11-7-5-3-4-6-8-11/h11H,2-10,14H2,1H3. The molecule has 1 aliphatic carbocycles. The predicted molar refractivity (Wildman–Crippen MR) is 75.6 cm³/mol.